The van der Waals surface area contributed by atoms with Crippen LogP contribution in [-0.4, -0.2) is 16.4 Å². The Bertz CT molecular complexity index is 667. The number of cyclic esters (lactones) is 1. The van der Waals surface area contributed by atoms with E-state index in [-0.39, 0.29) is 11.9 Å². The zero-order valence-corrected chi connectivity index (χ0v) is 9.61. The number of nitrogens with zero attached hydrogens (tertiary/aromatic N) is 1. The van der Waals surface area contributed by atoms with E-state index in [9.17, 15) is 9.59 Å². The van der Waals surface area contributed by atoms with E-state index >= 15 is 0 Å². The third kappa shape index (κ3) is 1.24. The minimum Gasteiger partial charge on any atom is -0.457 e. The molecule has 0 aliphatic carbocycles. The SMILES string of the molecule is CC(=O)n1c(C)cc2c3c(ccc21)COC3=O. The van der Waals surface area contributed by atoms with Crippen molar-refractivity contribution in [2.45, 2.75) is 20.5 Å². The van der Waals surface area contributed by atoms with Crippen molar-refractivity contribution in [3.8, 4) is 0 Å². The highest BCUT2D eigenvalue weighted by Gasteiger charge is 2.25. The first kappa shape index (κ1) is 10.1. The summed E-state index contributed by atoms with van der Waals surface area (Å²) < 4.78 is 6.62. The molecule has 0 saturated carbocycles. The molecule has 0 radical (unpaired) electrons. The molecule has 0 N–H and O–H groups in total. The lowest BCUT2D eigenvalue weighted by Crippen LogP contribution is -2.06. The third-order valence-electron chi connectivity index (χ3n) is 3.13. The predicted octanol–water partition coefficient (Wildman–Crippen LogP) is 2.28. The molecule has 0 amide bonds. The van der Waals surface area contributed by atoms with Gasteiger partial charge in [0.25, 0.3) is 0 Å². The second-order valence-corrected chi connectivity index (χ2v) is 4.25. The molecule has 0 unspecified atom stereocenters. The number of hydrogen-bond acceptors (Lipinski definition) is 3. The molecule has 0 atom stereocenters. The number of aryl methyl sites for hydroxylation is 1. The van der Waals surface area contributed by atoms with Crippen molar-refractivity contribution < 1.29 is 14.3 Å². The van der Waals surface area contributed by atoms with Gasteiger partial charge in [-0.15, -0.1) is 0 Å². The van der Waals surface area contributed by atoms with Crippen LogP contribution in [0.5, 0.6) is 0 Å². The zero-order valence-electron chi connectivity index (χ0n) is 9.61. The van der Waals surface area contributed by atoms with E-state index in [1.807, 2.05) is 25.1 Å². The van der Waals surface area contributed by atoms with E-state index in [0.717, 1.165) is 22.2 Å². The zero-order chi connectivity index (χ0) is 12.2. The summed E-state index contributed by atoms with van der Waals surface area (Å²) >= 11 is 0. The Balaban J connectivity index is 2.44. The van der Waals surface area contributed by atoms with E-state index in [1.54, 1.807) is 4.57 Å². The van der Waals surface area contributed by atoms with Crippen LogP contribution in [0.1, 0.15) is 33.3 Å². The average molecular weight is 229 g/mol. The van der Waals surface area contributed by atoms with Gasteiger partial charge in [0, 0.05) is 23.6 Å². The minimum atomic E-state index is -0.300. The molecule has 0 saturated heterocycles. The van der Waals surface area contributed by atoms with Crippen molar-refractivity contribution in [3.63, 3.8) is 0 Å². The van der Waals surface area contributed by atoms with Gasteiger partial charge in [0.1, 0.15) is 6.61 Å². The van der Waals surface area contributed by atoms with Gasteiger partial charge in [-0.05, 0) is 19.1 Å². The lowest BCUT2D eigenvalue weighted by molar-refractivity contribution is 0.0536. The Kier molecular flexibility index (Phi) is 1.90. The van der Waals surface area contributed by atoms with E-state index < -0.39 is 0 Å². The van der Waals surface area contributed by atoms with Crippen LogP contribution in [0.25, 0.3) is 10.9 Å². The van der Waals surface area contributed by atoms with Crippen LogP contribution in [0.15, 0.2) is 18.2 Å². The molecule has 2 aromatic rings. The summed E-state index contributed by atoms with van der Waals surface area (Å²) in [5.74, 6) is -0.352. The Morgan fingerprint density at radius 3 is 2.88 bits per heavy atom. The van der Waals surface area contributed by atoms with Crippen LogP contribution in [0, 0.1) is 6.92 Å². The predicted molar refractivity (Wildman–Crippen MR) is 62.1 cm³/mol. The number of aromatic nitrogens is 1. The highest BCUT2D eigenvalue weighted by molar-refractivity contribution is 6.08. The highest BCUT2D eigenvalue weighted by atomic mass is 16.5. The number of fused-ring (bicyclic) bond motifs is 3. The Morgan fingerprint density at radius 1 is 1.41 bits per heavy atom. The molecule has 2 heterocycles. The Labute approximate surface area is 97.8 Å². The van der Waals surface area contributed by atoms with Gasteiger partial charge in [-0.3, -0.25) is 9.36 Å². The summed E-state index contributed by atoms with van der Waals surface area (Å²) in [6.07, 6.45) is 0. The number of benzene rings is 1. The Hall–Kier alpha value is -2.10. The summed E-state index contributed by atoms with van der Waals surface area (Å²) in [7, 11) is 0. The molecule has 0 bridgehead atoms. The molecule has 1 aliphatic heterocycles. The fourth-order valence-electron chi connectivity index (χ4n) is 2.45. The van der Waals surface area contributed by atoms with E-state index in [1.165, 1.54) is 6.92 Å². The molecule has 0 fully saturated rings. The van der Waals surface area contributed by atoms with E-state index in [0.29, 0.717) is 12.2 Å². The first-order valence-corrected chi connectivity index (χ1v) is 5.41. The smallest absolute Gasteiger partial charge is 0.339 e. The first-order valence-electron chi connectivity index (χ1n) is 5.41. The number of esters is 1. The summed E-state index contributed by atoms with van der Waals surface area (Å²) in [5.41, 5.74) is 3.10. The average Bonchev–Trinajstić information content (AvgIpc) is 2.78. The quantitative estimate of drug-likeness (QED) is 0.651. The van der Waals surface area contributed by atoms with Crippen molar-refractivity contribution in [2.75, 3.05) is 0 Å². The normalized spacial score (nSPS) is 13.9. The maximum absolute atomic E-state index is 11.7. The number of ether oxygens (including phenoxy) is 1. The van der Waals surface area contributed by atoms with Crippen molar-refractivity contribution in [1.29, 1.82) is 0 Å². The standard InChI is InChI=1S/C13H11NO3/c1-7-5-10-11(14(7)8(2)15)4-3-9-6-17-13(16)12(9)10/h3-5H,6H2,1-2H3. The van der Waals surface area contributed by atoms with Gasteiger partial charge in [-0.2, -0.15) is 0 Å². The lowest BCUT2D eigenvalue weighted by atomic mass is 10.1. The van der Waals surface area contributed by atoms with Gasteiger partial charge < -0.3 is 4.74 Å². The van der Waals surface area contributed by atoms with Gasteiger partial charge in [0.05, 0.1) is 11.1 Å². The number of rotatable bonds is 0. The van der Waals surface area contributed by atoms with Crippen LogP contribution in [-0.2, 0) is 11.3 Å². The van der Waals surface area contributed by atoms with Crippen LogP contribution in [0.2, 0.25) is 0 Å². The monoisotopic (exact) mass is 229 g/mol. The maximum atomic E-state index is 11.7. The van der Waals surface area contributed by atoms with Crippen molar-refractivity contribution >= 4 is 22.8 Å². The van der Waals surface area contributed by atoms with Gasteiger partial charge in [-0.1, -0.05) is 6.07 Å². The number of hydrogen-bond donors (Lipinski definition) is 0. The lowest BCUT2D eigenvalue weighted by Gasteiger charge is -2.02. The summed E-state index contributed by atoms with van der Waals surface area (Å²) in [5, 5.41) is 0.803. The molecule has 0 spiro atoms. The molecule has 3 rings (SSSR count). The highest BCUT2D eigenvalue weighted by Crippen LogP contribution is 2.30. The van der Waals surface area contributed by atoms with Gasteiger partial charge >= 0.3 is 5.97 Å². The summed E-state index contributed by atoms with van der Waals surface area (Å²) in [6.45, 7) is 3.69. The fourth-order valence-corrected chi connectivity index (χ4v) is 2.45. The van der Waals surface area contributed by atoms with Crippen LogP contribution < -0.4 is 0 Å². The topological polar surface area (TPSA) is 48.3 Å². The second-order valence-electron chi connectivity index (χ2n) is 4.25. The van der Waals surface area contributed by atoms with Crippen LogP contribution >= 0.6 is 0 Å². The van der Waals surface area contributed by atoms with Crippen molar-refractivity contribution in [2.24, 2.45) is 0 Å². The molecule has 1 aromatic carbocycles. The minimum absolute atomic E-state index is 0.0520. The molecule has 1 aromatic heterocycles. The summed E-state index contributed by atoms with van der Waals surface area (Å²) in [4.78, 5) is 23.2. The van der Waals surface area contributed by atoms with Crippen molar-refractivity contribution in [1.82, 2.24) is 4.57 Å². The van der Waals surface area contributed by atoms with E-state index in [4.69, 9.17) is 4.74 Å². The molecule has 17 heavy (non-hydrogen) atoms. The van der Waals surface area contributed by atoms with E-state index in [2.05, 4.69) is 0 Å². The van der Waals surface area contributed by atoms with Crippen LogP contribution in [0.4, 0.5) is 0 Å². The van der Waals surface area contributed by atoms with Crippen LogP contribution in [0.3, 0.4) is 0 Å². The van der Waals surface area contributed by atoms with Crippen molar-refractivity contribution in [3.05, 3.63) is 35.0 Å². The number of carbonyl (C=O) groups excluding carboxylic acids is 2. The molecular formula is C13H11NO3. The molecule has 1 aliphatic rings. The summed E-state index contributed by atoms with van der Waals surface area (Å²) in [6, 6.07) is 5.58. The van der Waals surface area contributed by atoms with Gasteiger partial charge in [0.2, 0.25) is 5.91 Å². The van der Waals surface area contributed by atoms with Gasteiger partial charge in [-0.25, -0.2) is 4.79 Å². The molecule has 86 valence electrons. The third-order valence-corrected chi connectivity index (χ3v) is 3.13. The van der Waals surface area contributed by atoms with Gasteiger partial charge in [0.15, 0.2) is 0 Å². The molecule has 4 heteroatoms. The first-order chi connectivity index (χ1) is 8.09. The Morgan fingerprint density at radius 2 is 2.18 bits per heavy atom. The molecular weight excluding hydrogens is 218 g/mol. The fraction of sp³-hybridized carbons (Fsp3) is 0.231. The number of carbonyl (C=O) groups is 2. The maximum Gasteiger partial charge on any atom is 0.339 e. The largest absolute Gasteiger partial charge is 0.457 e. The molecule has 4 nitrogen and oxygen atoms in total. The second kappa shape index (κ2) is 3.20.